The van der Waals surface area contributed by atoms with Crippen molar-refractivity contribution in [2.45, 2.75) is 32.0 Å². The third kappa shape index (κ3) is 2.76. The molecule has 1 atom stereocenters. The van der Waals surface area contributed by atoms with Gasteiger partial charge in [-0.25, -0.2) is 0 Å². The van der Waals surface area contributed by atoms with Crippen LogP contribution in [0.3, 0.4) is 0 Å². The van der Waals surface area contributed by atoms with Crippen molar-refractivity contribution in [2.75, 3.05) is 18.5 Å². The predicted molar refractivity (Wildman–Crippen MR) is 70.7 cm³/mol. The molecule has 0 saturated heterocycles. The Morgan fingerprint density at radius 1 is 1.39 bits per heavy atom. The van der Waals surface area contributed by atoms with E-state index in [0.29, 0.717) is 11.5 Å². The summed E-state index contributed by atoms with van der Waals surface area (Å²) in [5.41, 5.74) is 1.48. The normalized spacial score (nSPS) is 24.4. The maximum atomic E-state index is 9.83. The number of aromatic hydroxyl groups is 1. The summed E-state index contributed by atoms with van der Waals surface area (Å²) in [5.74, 6) is 0.659. The molecule has 18 heavy (non-hydrogen) atoms. The van der Waals surface area contributed by atoms with E-state index in [2.05, 4.69) is 4.90 Å². The van der Waals surface area contributed by atoms with Gasteiger partial charge in [0.25, 0.3) is 0 Å². The van der Waals surface area contributed by atoms with Crippen LogP contribution in [-0.4, -0.2) is 35.0 Å². The lowest BCUT2D eigenvalue weighted by molar-refractivity contribution is 0.0464. The molecule has 0 bridgehead atoms. The maximum absolute atomic E-state index is 9.83. The fraction of sp³-hybridized carbons (Fsp3) is 0.571. The highest BCUT2D eigenvalue weighted by atomic mass is 16.3. The van der Waals surface area contributed by atoms with Gasteiger partial charge in [-0.15, -0.1) is 0 Å². The zero-order valence-corrected chi connectivity index (χ0v) is 10.9. The summed E-state index contributed by atoms with van der Waals surface area (Å²) in [6, 6.07) is 5.33. The summed E-state index contributed by atoms with van der Waals surface area (Å²) >= 11 is 0. The van der Waals surface area contributed by atoms with Gasteiger partial charge in [-0.2, -0.15) is 0 Å². The first-order valence-electron chi connectivity index (χ1n) is 6.37. The summed E-state index contributed by atoms with van der Waals surface area (Å²) < 4.78 is 0. The number of benzene rings is 1. The van der Waals surface area contributed by atoms with Crippen molar-refractivity contribution < 1.29 is 15.3 Å². The number of nitrogens with zero attached hydrogens (tertiary/aromatic N) is 1. The molecule has 0 amide bonds. The first-order chi connectivity index (χ1) is 8.47. The topological polar surface area (TPSA) is 63.9 Å². The molecule has 0 heterocycles. The number of hydrogen-bond acceptors (Lipinski definition) is 4. The van der Waals surface area contributed by atoms with Crippen molar-refractivity contribution in [3.8, 4) is 5.75 Å². The molecule has 1 saturated carbocycles. The van der Waals surface area contributed by atoms with Crippen molar-refractivity contribution in [1.82, 2.24) is 0 Å². The molecule has 1 aromatic carbocycles. The Morgan fingerprint density at radius 2 is 2.06 bits per heavy atom. The average molecular weight is 251 g/mol. The maximum Gasteiger partial charge on any atom is 0.123 e. The molecule has 100 valence electrons. The second-order valence-corrected chi connectivity index (χ2v) is 5.29. The summed E-state index contributed by atoms with van der Waals surface area (Å²) in [6.45, 7) is 2.51. The van der Waals surface area contributed by atoms with Gasteiger partial charge in [0.05, 0.1) is 12.2 Å². The van der Waals surface area contributed by atoms with E-state index in [1.807, 2.05) is 13.1 Å². The van der Waals surface area contributed by atoms with Crippen molar-refractivity contribution in [2.24, 2.45) is 5.92 Å². The molecular formula is C14H21NO3. The molecule has 1 aromatic rings. The third-order valence-corrected chi connectivity index (χ3v) is 3.65. The zero-order valence-electron chi connectivity index (χ0n) is 10.9. The van der Waals surface area contributed by atoms with Gasteiger partial charge in [0.15, 0.2) is 0 Å². The Hall–Kier alpha value is -1.26. The SMILES string of the molecule is CC(O)c1ccc(N(C)CC2CC(O)C2)cc1O. The Balaban J connectivity index is 2.02. The first kappa shape index (κ1) is 13.2. The van der Waals surface area contributed by atoms with Crippen LogP contribution in [0, 0.1) is 5.92 Å². The molecule has 1 fully saturated rings. The highest BCUT2D eigenvalue weighted by molar-refractivity contribution is 5.53. The van der Waals surface area contributed by atoms with Gasteiger partial charge in [0.2, 0.25) is 0 Å². The fourth-order valence-electron chi connectivity index (χ4n) is 2.47. The van der Waals surface area contributed by atoms with Crippen LogP contribution < -0.4 is 4.90 Å². The molecule has 2 rings (SSSR count). The molecule has 3 N–H and O–H groups in total. The van der Waals surface area contributed by atoms with Gasteiger partial charge in [0.1, 0.15) is 5.75 Å². The number of hydrogen-bond donors (Lipinski definition) is 3. The van der Waals surface area contributed by atoms with Gasteiger partial charge >= 0.3 is 0 Å². The van der Waals surface area contributed by atoms with Crippen LogP contribution in [0.1, 0.15) is 31.4 Å². The highest BCUT2D eigenvalue weighted by Gasteiger charge is 2.28. The van der Waals surface area contributed by atoms with E-state index in [1.165, 1.54) is 0 Å². The Morgan fingerprint density at radius 3 is 2.56 bits per heavy atom. The fourth-order valence-corrected chi connectivity index (χ4v) is 2.47. The number of phenolic OH excluding ortho intramolecular Hbond substituents is 1. The van der Waals surface area contributed by atoms with Crippen LogP contribution in [-0.2, 0) is 0 Å². The second-order valence-electron chi connectivity index (χ2n) is 5.29. The van der Waals surface area contributed by atoms with E-state index in [0.717, 1.165) is 25.1 Å². The molecule has 4 heteroatoms. The minimum Gasteiger partial charge on any atom is -0.507 e. The first-order valence-corrected chi connectivity index (χ1v) is 6.37. The summed E-state index contributed by atoms with van der Waals surface area (Å²) in [7, 11) is 1.97. The van der Waals surface area contributed by atoms with Crippen LogP contribution in [0.15, 0.2) is 18.2 Å². The van der Waals surface area contributed by atoms with E-state index in [1.54, 1.807) is 19.1 Å². The molecule has 0 spiro atoms. The van der Waals surface area contributed by atoms with E-state index in [-0.39, 0.29) is 11.9 Å². The minimum absolute atomic E-state index is 0.128. The summed E-state index contributed by atoms with van der Waals surface area (Å²) in [5, 5.41) is 28.5. The highest BCUT2D eigenvalue weighted by Crippen LogP contribution is 2.32. The van der Waals surface area contributed by atoms with Crippen LogP contribution in [0.2, 0.25) is 0 Å². The summed E-state index contributed by atoms with van der Waals surface area (Å²) in [6.07, 6.45) is 0.935. The third-order valence-electron chi connectivity index (χ3n) is 3.65. The zero-order chi connectivity index (χ0) is 13.3. The molecule has 4 nitrogen and oxygen atoms in total. The lowest BCUT2D eigenvalue weighted by atomic mass is 9.82. The lowest BCUT2D eigenvalue weighted by Gasteiger charge is -2.35. The van der Waals surface area contributed by atoms with E-state index in [9.17, 15) is 15.3 Å². The number of anilines is 1. The minimum atomic E-state index is -0.661. The smallest absolute Gasteiger partial charge is 0.123 e. The number of aliphatic hydroxyl groups is 2. The predicted octanol–water partition coefficient (Wildman–Crippen LogP) is 1.65. The Kier molecular flexibility index (Phi) is 3.78. The van der Waals surface area contributed by atoms with Crippen LogP contribution >= 0.6 is 0 Å². The van der Waals surface area contributed by atoms with Crippen molar-refractivity contribution in [1.29, 1.82) is 0 Å². The van der Waals surface area contributed by atoms with Gasteiger partial charge in [-0.05, 0) is 31.7 Å². The Bertz CT molecular complexity index is 414. The van der Waals surface area contributed by atoms with Gasteiger partial charge < -0.3 is 20.2 Å². The average Bonchev–Trinajstić information content (AvgIpc) is 2.26. The molecule has 1 aliphatic rings. The van der Waals surface area contributed by atoms with Gasteiger partial charge in [-0.1, -0.05) is 6.07 Å². The number of rotatable bonds is 4. The lowest BCUT2D eigenvalue weighted by Crippen LogP contribution is -2.37. The van der Waals surface area contributed by atoms with Gasteiger partial charge in [-0.3, -0.25) is 0 Å². The molecular weight excluding hydrogens is 230 g/mol. The standard InChI is InChI=1S/C14H21NO3/c1-9(16)13-4-3-11(7-14(13)18)15(2)8-10-5-12(17)6-10/h3-4,7,9-10,12,16-18H,5-6,8H2,1-2H3. The number of phenols is 1. The monoisotopic (exact) mass is 251 g/mol. The molecule has 1 unspecified atom stereocenters. The van der Waals surface area contributed by atoms with Crippen LogP contribution in [0.4, 0.5) is 5.69 Å². The van der Waals surface area contributed by atoms with Crippen LogP contribution in [0.5, 0.6) is 5.75 Å². The van der Waals surface area contributed by atoms with Crippen LogP contribution in [0.25, 0.3) is 0 Å². The molecule has 0 aromatic heterocycles. The van der Waals surface area contributed by atoms with Gasteiger partial charge in [0, 0.05) is 30.9 Å². The second kappa shape index (κ2) is 5.16. The number of aliphatic hydroxyl groups excluding tert-OH is 2. The van der Waals surface area contributed by atoms with Crippen molar-refractivity contribution in [3.63, 3.8) is 0 Å². The van der Waals surface area contributed by atoms with E-state index >= 15 is 0 Å². The molecule has 0 radical (unpaired) electrons. The van der Waals surface area contributed by atoms with E-state index < -0.39 is 6.10 Å². The van der Waals surface area contributed by atoms with E-state index in [4.69, 9.17) is 0 Å². The molecule has 0 aliphatic heterocycles. The quantitative estimate of drug-likeness (QED) is 0.761. The largest absolute Gasteiger partial charge is 0.507 e. The molecule has 1 aliphatic carbocycles. The summed E-state index contributed by atoms with van der Waals surface area (Å²) in [4.78, 5) is 2.07. The van der Waals surface area contributed by atoms with Crippen molar-refractivity contribution >= 4 is 5.69 Å². The Labute approximate surface area is 107 Å². The van der Waals surface area contributed by atoms with Crippen molar-refractivity contribution in [3.05, 3.63) is 23.8 Å².